The number of nitrogens with one attached hydrogen (secondary N) is 1. The number of carbonyl (C=O) groups excluding carboxylic acids is 1. The lowest BCUT2D eigenvalue weighted by Gasteiger charge is -2.36. The topological polar surface area (TPSA) is 46.9 Å². The van der Waals surface area contributed by atoms with Crippen molar-refractivity contribution in [2.75, 3.05) is 7.05 Å². The highest BCUT2D eigenvalue weighted by Crippen LogP contribution is 2.35. The van der Waals surface area contributed by atoms with Gasteiger partial charge in [-0.05, 0) is 43.7 Å². The molecule has 1 N–H and O–H groups in total. The highest BCUT2D eigenvalue weighted by molar-refractivity contribution is 5.80. The third-order valence-electron chi connectivity index (χ3n) is 4.91. The van der Waals surface area contributed by atoms with Gasteiger partial charge in [0.2, 0.25) is 0 Å². The lowest BCUT2D eigenvalue weighted by molar-refractivity contribution is 0.240. The number of nitrogens with zero attached hydrogens (tertiary/aromatic N) is 2. The summed E-state index contributed by atoms with van der Waals surface area (Å²) in [7, 11) is 2.02. The zero-order valence-electron chi connectivity index (χ0n) is 13.6. The molecule has 4 rings (SSSR count). The lowest BCUT2D eigenvalue weighted by atomic mass is 9.87. The van der Waals surface area contributed by atoms with E-state index >= 15 is 0 Å². The molecule has 2 aromatic heterocycles. The predicted octanol–water partition coefficient (Wildman–Crippen LogP) is 3.47. The average Bonchev–Trinajstić information content (AvgIpc) is 2.98. The van der Waals surface area contributed by atoms with Gasteiger partial charge >= 0.3 is 0 Å². The van der Waals surface area contributed by atoms with Crippen molar-refractivity contribution in [1.82, 2.24) is 14.9 Å². The Morgan fingerprint density at radius 3 is 2.67 bits per heavy atom. The van der Waals surface area contributed by atoms with Gasteiger partial charge in [-0.1, -0.05) is 24.3 Å². The first-order valence-corrected chi connectivity index (χ1v) is 8.24. The van der Waals surface area contributed by atoms with Crippen molar-refractivity contribution in [3.8, 4) is 11.3 Å². The number of rotatable bonds is 4. The van der Waals surface area contributed by atoms with Gasteiger partial charge in [0, 0.05) is 35.3 Å². The summed E-state index contributed by atoms with van der Waals surface area (Å²) in [6.45, 7) is 0. The maximum atomic E-state index is 10.4. The van der Waals surface area contributed by atoms with Crippen molar-refractivity contribution in [3.63, 3.8) is 0 Å². The van der Waals surface area contributed by atoms with Crippen molar-refractivity contribution in [1.29, 1.82) is 0 Å². The molecule has 1 fully saturated rings. The fraction of sp³-hybridized carbons (Fsp3) is 0.250. The quantitative estimate of drug-likeness (QED) is 0.750. The summed E-state index contributed by atoms with van der Waals surface area (Å²) in [5, 5.41) is 4.50. The van der Waals surface area contributed by atoms with Crippen LogP contribution in [0, 0.1) is 0 Å². The number of fused-ring (bicyclic) bond motifs is 1. The Morgan fingerprint density at radius 1 is 1.17 bits per heavy atom. The predicted molar refractivity (Wildman–Crippen MR) is 96.4 cm³/mol. The van der Waals surface area contributed by atoms with Crippen molar-refractivity contribution in [3.05, 3.63) is 54.2 Å². The van der Waals surface area contributed by atoms with E-state index in [2.05, 4.69) is 34.3 Å². The molecular formula is C20H19N3O. The fourth-order valence-electron chi connectivity index (χ4n) is 3.35. The van der Waals surface area contributed by atoms with Crippen LogP contribution in [0.1, 0.15) is 24.4 Å². The fourth-order valence-corrected chi connectivity index (χ4v) is 3.35. The first kappa shape index (κ1) is 14.9. The van der Waals surface area contributed by atoms with Crippen LogP contribution in [0.25, 0.3) is 28.4 Å². The van der Waals surface area contributed by atoms with E-state index in [9.17, 15) is 4.79 Å². The number of pyridine rings is 1. The molecule has 4 heteroatoms. The largest absolute Gasteiger partial charge is 0.329 e. The normalized spacial score (nSPS) is 19.7. The maximum Gasteiger partial charge on any atom is 0.140 e. The van der Waals surface area contributed by atoms with E-state index < -0.39 is 0 Å². The Morgan fingerprint density at radius 2 is 1.96 bits per heavy atom. The third kappa shape index (κ3) is 2.56. The number of benzene rings is 1. The number of hydrogen-bond acceptors (Lipinski definition) is 3. The molecule has 0 saturated heterocycles. The van der Waals surface area contributed by atoms with E-state index in [0.717, 1.165) is 35.3 Å². The minimum atomic E-state index is 0.530. The molecular weight excluding hydrogens is 298 g/mol. The van der Waals surface area contributed by atoms with Gasteiger partial charge in [-0.3, -0.25) is 0 Å². The van der Waals surface area contributed by atoms with Crippen LogP contribution in [-0.2, 0) is 4.79 Å². The molecule has 1 aliphatic rings. The Balaban J connectivity index is 1.68. The van der Waals surface area contributed by atoms with Gasteiger partial charge in [0.05, 0.1) is 5.69 Å². The van der Waals surface area contributed by atoms with Crippen molar-refractivity contribution in [2.24, 2.45) is 0 Å². The molecule has 0 atom stereocenters. The van der Waals surface area contributed by atoms with Gasteiger partial charge < -0.3 is 9.88 Å². The van der Waals surface area contributed by atoms with Crippen LogP contribution in [0.4, 0.5) is 0 Å². The van der Waals surface area contributed by atoms with E-state index in [1.165, 1.54) is 11.5 Å². The van der Waals surface area contributed by atoms with Gasteiger partial charge in [0.15, 0.2) is 0 Å². The van der Waals surface area contributed by atoms with Gasteiger partial charge in [0.25, 0.3) is 0 Å². The number of aromatic nitrogens is 2. The number of hydrogen-bond donors (Lipinski definition) is 1. The summed E-state index contributed by atoms with van der Waals surface area (Å²) in [4.78, 5) is 15.3. The van der Waals surface area contributed by atoms with Crippen LogP contribution in [-0.4, -0.2) is 28.6 Å². The Hall–Kier alpha value is -2.68. The Kier molecular flexibility index (Phi) is 3.77. The molecule has 0 bridgehead atoms. The van der Waals surface area contributed by atoms with Crippen molar-refractivity contribution < 1.29 is 4.79 Å². The molecule has 24 heavy (non-hydrogen) atoms. The second kappa shape index (κ2) is 6.08. The van der Waals surface area contributed by atoms with E-state index in [4.69, 9.17) is 4.98 Å². The van der Waals surface area contributed by atoms with E-state index in [1.54, 1.807) is 5.94 Å². The molecule has 2 heterocycles. The smallest absolute Gasteiger partial charge is 0.140 e. The molecule has 1 saturated carbocycles. The van der Waals surface area contributed by atoms with Crippen LogP contribution in [0.5, 0.6) is 0 Å². The maximum absolute atomic E-state index is 10.4. The summed E-state index contributed by atoms with van der Waals surface area (Å²) in [6, 6.07) is 15.3. The zero-order chi connectivity index (χ0) is 16.5. The minimum absolute atomic E-state index is 0.530. The SMILES string of the molecule is CNC1CC(n2ccc3ccc(-c4ccc(C=C=O)cc4)nc32)C1. The Labute approximate surface area is 140 Å². The third-order valence-corrected chi connectivity index (χ3v) is 4.91. The van der Waals surface area contributed by atoms with Crippen molar-refractivity contribution >= 4 is 23.1 Å². The van der Waals surface area contributed by atoms with E-state index in [-0.39, 0.29) is 0 Å². The first-order valence-electron chi connectivity index (χ1n) is 8.24. The van der Waals surface area contributed by atoms with Crippen LogP contribution in [0.15, 0.2) is 48.7 Å². The van der Waals surface area contributed by atoms with Crippen LogP contribution in [0.2, 0.25) is 0 Å². The summed E-state index contributed by atoms with van der Waals surface area (Å²) in [6.07, 6.45) is 5.88. The summed E-state index contributed by atoms with van der Waals surface area (Å²) >= 11 is 0. The molecule has 3 aromatic rings. The van der Waals surface area contributed by atoms with E-state index in [0.29, 0.717) is 12.1 Å². The standard InChI is InChI=1S/C20H19N3O/c1-21-17-12-18(13-17)23-10-8-16-6-7-19(22-20(16)23)15-4-2-14(3-5-15)9-11-24/h2-10,17-18,21H,12-13H2,1H3. The monoisotopic (exact) mass is 317 g/mol. The highest BCUT2D eigenvalue weighted by atomic mass is 16.1. The lowest BCUT2D eigenvalue weighted by Crippen LogP contribution is -2.40. The summed E-state index contributed by atoms with van der Waals surface area (Å²) in [5.74, 6) is 1.81. The van der Waals surface area contributed by atoms with Crippen LogP contribution < -0.4 is 5.32 Å². The molecule has 0 amide bonds. The zero-order valence-corrected chi connectivity index (χ0v) is 13.6. The summed E-state index contributed by atoms with van der Waals surface area (Å²) in [5.41, 5.74) is 3.90. The molecule has 1 aromatic carbocycles. The van der Waals surface area contributed by atoms with E-state index in [1.807, 2.05) is 31.3 Å². The summed E-state index contributed by atoms with van der Waals surface area (Å²) < 4.78 is 2.30. The van der Waals surface area contributed by atoms with Crippen LogP contribution >= 0.6 is 0 Å². The average molecular weight is 317 g/mol. The van der Waals surface area contributed by atoms with Gasteiger partial charge in [-0.25, -0.2) is 9.78 Å². The van der Waals surface area contributed by atoms with Gasteiger partial charge in [-0.2, -0.15) is 0 Å². The van der Waals surface area contributed by atoms with Crippen molar-refractivity contribution in [2.45, 2.75) is 24.9 Å². The second-order valence-electron chi connectivity index (χ2n) is 6.33. The molecule has 1 aliphatic carbocycles. The Bertz CT molecular complexity index is 914. The van der Waals surface area contributed by atoms with Gasteiger partial charge in [0.1, 0.15) is 11.6 Å². The molecule has 0 unspecified atom stereocenters. The first-order chi connectivity index (χ1) is 11.8. The molecule has 0 aliphatic heterocycles. The van der Waals surface area contributed by atoms with Crippen LogP contribution in [0.3, 0.4) is 0 Å². The van der Waals surface area contributed by atoms with Gasteiger partial charge in [-0.15, -0.1) is 0 Å². The highest BCUT2D eigenvalue weighted by Gasteiger charge is 2.29. The second-order valence-corrected chi connectivity index (χ2v) is 6.33. The molecule has 4 nitrogen and oxygen atoms in total. The molecule has 0 spiro atoms. The molecule has 0 radical (unpaired) electrons. The molecule has 120 valence electrons. The minimum Gasteiger partial charge on any atom is -0.329 e.